The van der Waals surface area contributed by atoms with Crippen molar-refractivity contribution in [3.8, 4) is 5.69 Å². The molecule has 0 atom stereocenters. The number of hydrogen-bond donors (Lipinski definition) is 2. The number of amides is 1. The summed E-state index contributed by atoms with van der Waals surface area (Å²) in [4.78, 5) is 15.8. The first-order valence-corrected chi connectivity index (χ1v) is 7.96. The van der Waals surface area contributed by atoms with Crippen LogP contribution in [-0.4, -0.2) is 25.7 Å². The normalized spacial score (nSPS) is 11.0. The van der Waals surface area contributed by atoms with Crippen LogP contribution in [0, 0.1) is 13.8 Å². The molecule has 0 saturated carbocycles. The fourth-order valence-corrected chi connectivity index (χ4v) is 3.00. The van der Waals surface area contributed by atoms with Gasteiger partial charge in [0.05, 0.1) is 5.69 Å². The zero-order valence-electron chi connectivity index (χ0n) is 13.9. The molecule has 0 aliphatic heterocycles. The molecule has 4 rings (SSSR count). The van der Waals surface area contributed by atoms with Gasteiger partial charge in [-0.1, -0.05) is 12.1 Å². The summed E-state index contributed by atoms with van der Waals surface area (Å²) in [6, 6.07) is 13.6. The summed E-state index contributed by atoms with van der Waals surface area (Å²) < 4.78 is 1.78. The number of nitrogens with zero attached hydrogens (tertiary/aromatic N) is 3. The number of fused-ring (bicyclic) bond motifs is 1. The highest BCUT2D eigenvalue weighted by Gasteiger charge is 2.12. The highest BCUT2D eigenvalue weighted by Crippen LogP contribution is 2.22. The molecule has 0 fully saturated rings. The summed E-state index contributed by atoms with van der Waals surface area (Å²) in [5, 5.41) is 11.6. The van der Waals surface area contributed by atoms with Gasteiger partial charge in [0.1, 0.15) is 18.3 Å². The van der Waals surface area contributed by atoms with Crippen molar-refractivity contribution >= 4 is 22.5 Å². The van der Waals surface area contributed by atoms with Crippen LogP contribution in [0.5, 0.6) is 0 Å². The van der Waals surface area contributed by atoms with E-state index in [-0.39, 0.29) is 5.91 Å². The minimum atomic E-state index is -0.172. The van der Waals surface area contributed by atoms with Crippen molar-refractivity contribution in [1.82, 2.24) is 19.7 Å². The predicted molar refractivity (Wildman–Crippen MR) is 97.1 cm³/mol. The van der Waals surface area contributed by atoms with E-state index in [4.69, 9.17) is 0 Å². The van der Waals surface area contributed by atoms with Crippen LogP contribution in [0.4, 0.5) is 5.69 Å². The minimum Gasteiger partial charge on any atom is -0.351 e. The van der Waals surface area contributed by atoms with Crippen LogP contribution in [0.2, 0.25) is 0 Å². The molecule has 25 heavy (non-hydrogen) atoms. The van der Waals surface area contributed by atoms with Crippen molar-refractivity contribution in [2.45, 2.75) is 13.8 Å². The molecule has 0 saturated heterocycles. The molecule has 0 aliphatic rings. The van der Waals surface area contributed by atoms with Gasteiger partial charge < -0.3 is 10.3 Å². The quantitative estimate of drug-likeness (QED) is 0.602. The van der Waals surface area contributed by atoms with E-state index in [2.05, 4.69) is 26.6 Å². The Morgan fingerprint density at radius 3 is 2.68 bits per heavy atom. The maximum atomic E-state index is 12.6. The molecule has 2 aromatic carbocycles. The van der Waals surface area contributed by atoms with Gasteiger partial charge in [0.2, 0.25) is 0 Å². The SMILES string of the molecule is Cc1cc(C)c2cc(C(=O)Nc3cccc(-n4cnnc4)c3)[nH]c2c1. The van der Waals surface area contributed by atoms with Gasteiger partial charge in [-0.05, 0) is 55.3 Å². The lowest BCUT2D eigenvalue weighted by Crippen LogP contribution is -2.12. The van der Waals surface area contributed by atoms with E-state index in [0.717, 1.165) is 22.2 Å². The number of nitrogens with one attached hydrogen (secondary N) is 2. The Hall–Kier alpha value is -3.41. The molecular weight excluding hydrogens is 314 g/mol. The molecular formula is C19H17N5O. The maximum absolute atomic E-state index is 12.6. The van der Waals surface area contributed by atoms with Crippen molar-refractivity contribution in [2.24, 2.45) is 0 Å². The van der Waals surface area contributed by atoms with Crippen LogP contribution in [0.15, 0.2) is 55.1 Å². The second kappa shape index (κ2) is 5.90. The molecule has 2 heterocycles. The summed E-state index contributed by atoms with van der Waals surface area (Å²) in [7, 11) is 0. The summed E-state index contributed by atoms with van der Waals surface area (Å²) in [5.41, 5.74) is 5.42. The molecule has 124 valence electrons. The average molecular weight is 331 g/mol. The van der Waals surface area contributed by atoms with Crippen LogP contribution < -0.4 is 5.32 Å². The molecule has 0 unspecified atom stereocenters. The van der Waals surface area contributed by atoms with E-state index in [1.165, 1.54) is 5.56 Å². The number of benzene rings is 2. The summed E-state index contributed by atoms with van der Waals surface area (Å²) in [5.74, 6) is -0.172. The molecule has 2 N–H and O–H groups in total. The van der Waals surface area contributed by atoms with Gasteiger partial charge in [-0.2, -0.15) is 0 Å². The number of rotatable bonds is 3. The van der Waals surface area contributed by atoms with Gasteiger partial charge in [-0.25, -0.2) is 0 Å². The number of anilines is 1. The van der Waals surface area contributed by atoms with Crippen molar-refractivity contribution in [2.75, 3.05) is 5.32 Å². The topological polar surface area (TPSA) is 75.6 Å². The Morgan fingerprint density at radius 2 is 1.88 bits per heavy atom. The molecule has 0 aliphatic carbocycles. The molecule has 0 bridgehead atoms. The van der Waals surface area contributed by atoms with Gasteiger partial charge in [0.15, 0.2) is 0 Å². The summed E-state index contributed by atoms with van der Waals surface area (Å²) in [6.07, 6.45) is 3.23. The first-order valence-electron chi connectivity index (χ1n) is 7.96. The second-order valence-electron chi connectivity index (χ2n) is 6.10. The number of aromatic amines is 1. The third kappa shape index (κ3) is 2.89. The first kappa shape index (κ1) is 15.1. The number of H-pyrrole nitrogens is 1. The minimum absolute atomic E-state index is 0.172. The van der Waals surface area contributed by atoms with E-state index in [9.17, 15) is 4.79 Å². The summed E-state index contributed by atoms with van der Waals surface area (Å²) in [6.45, 7) is 4.09. The smallest absolute Gasteiger partial charge is 0.272 e. The van der Waals surface area contributed by atoms with Crippen molar-refractivity contribution in [3.63, 3.8) is 0 Å². The summed E-state index contributed by atoms with van der Waals surface area (Å²) >= 11 is 0. The van der Waals surface area contributed by atoms with Gasteiger partial charge >= 0.3 is 0 Å². The van der Waals surface area contributed by atoms with Gasteiger partial charge in [-0.3, -0.25) is 9.36 Å². The third-order valence-electron chi connectivity index (χ3n) is 4.15. The van der Waals surface area contributed by atoms with Crippen LogP contribution in [0.1, 0.15) is 21.6 Å². The molecule has 6 heteroatoms. The van der Waals surface area contributed by atoms with E-state index in [0.29, 0.717) is 11.4 Å². The Morgan fingerprint density at radius 1 is 1.08 bits per heavy atom. The third-order valence-corrected chi connectivity index (χ3v) is 4.15. The van der Waals surface area contributed by atoms with Crippen LogP contribution in [0.3, 0.4) is 0 Å². The molecule has 6 nitrogen and oxygen atoms in total. The monoisotopic (exact) mass is 331 g/mol. The van der Waals surface area contributed by atoms with E-state index in [1.54, 1.807) is 17.2 Å². The average Bonchev–Trinajstić information content (AvgIpc) is 3.24. The molecule has 0 spiro atoms. The maximum Gasteiger partial charge on any atom is 0.272 e. The van der Waals surface area contributed by atoms with Gasteiger partial charge in [0, 0.05) is 16.6 Å². The number of carbonyl (C=O) groups is 1. The van der Waals surface area contributed by atoms with Crippen molar-refractivity contribution in [3.05, 3.63) is 71.9 Å². The largest absolute Gasteiger partial charge is 0.351 e. The number of aryl methyl sites for hydroxylation is 2. The Kier molecular flexibility index (Phi) is 3.57. The fraction of sp³-hybridized carbons (Fsp3) is 0.105. The Bertz CT molecular complexity index is 1060. The molecule has 2 aromatic heterocycles. The number of carbonyl (C=O) groups excluding carboxylic acids is 1. The highest BCUT2D eigenvalue weighted by atomic mass is 16.1. The Balaban J connectivity index is 1.62. The van der Waals surface area contributed by atoms with E-state index >= 15 is 0 Å². The number of hydrogen-bond acceptors (Lipinski definition) is 3. The highest BCUT2D eigenvalue weighted by molar-refractivity contribution is 6.06. The standard InChI is InChI=1S/C19H17N5O/c1-12-6-13(2)16-9-18(23-17(16)7-12)19(25)22-14-4-3-5-15(8-14)24-10-20-21-11-24/h3-11,23H,1-2H3,(H,22,25). The van der Waals surface area contributed by atoms with Crippen molar-refractivity contribution in [1.29, 1.82) is 0 Å². The van der Waals surface area contributed by atoms with Gasteiger partial charge in [-0.15, -0.1) is 10.2 Å². The molecule has 0 radical (unpaired) electrons. The predicted octanol–water partition coefficient (Wildman–Crippen LogP) is 3.62. The lowest BCUT2D eigenvalue weighted by Gasteiger charge is -2.06. The van der Waals surface area contributed by atoms with Crippen molar-refractivity contribution < 1.29 is 4.79 Å². The van der Waals surface area contributed by atoms with Crippen LogP contribution in [-0.2, 0) is 0 Å². The van der Waals surface area contributed by atoms with Crippen LogP contribution >= 0.6 is 0 Å². The van der Waals surface area contributed by atoms with E-state index in [1.807, 2.05) is 50.2 Å². The first-order chi connectivity index (χ1) is 12.1. The zero-order chi connectivity index (χ0) is 17.4. The second-order valence-corrected chi connectivity index (χ2v) is 6.10. The van der Waals surface area contributed by atoms with Crippen LogP contribution in [0.25, 0.3) is 16.6 Å². The Labute approximate surface area is 144 Å². The molecule has 4 aromatic rings. The lowest BCUT2D eigenvalue weighted by molar-refractivity contribution is 0.102. The molecule has 1 amide bonds. The number of aromatic nitrogens is 4. The van der Waals surface area contributed by atoms with Gasteiger partial charge in [0.25, 0.3) is 5.91 Å². The fourth-order valence-electron chi connectivity index (χ4n) is 3.00. The zero-order valence-corrected chi connectivity index (χ0v) is 13.9. The lowest BCUT2D eigenvalue weighted by atomic mass is 10.1. The van der Waals surface area contributed by atoms with E-state index < -0.39 is 0 Å².